The number of nitrogens with one attached hydrogen (secondary N) is 1. The third kappa shape index (κ3) is 5.39. The van der Waals surface area contributed by atoms with E-state index in [9.17, 15) is 4.21 Å². The molecule has 0 aliphatic carbocycles. The van der Waals surface area contributed by atoms with Crippen LogP contribution >= 0.6 is 0 Å². The van der Waals surface area contributed by atoms with E-state index in [1.165, 1.54) is 0 Å². The molecular weight excluding hydrogens is 158 g/mol. The quantitative estimate of drug-likeness (QED) is 0.679. The second-order valence-corrected chi connectivity index (χ2v) is 4.63. The Morgan fingerprint density at radius 3 is 2.27 bits per heavy atom. The van der Waals surface area contributed by atoms with Crippen molar-refractivity contribution in [2.75, 3.05) is 18.6 Å². The maximum absolute atomic E-state index is 10.9. The van der Waals surface area contributed by atoms with Crippen LogP contribution in [0.2, 0.25) is 0 Å². The Hall–Kier alpha value is 0.110. The Balaban J connectivity index is 3.79. The molecule has 0 spiro atoms. The predicted octanol–water partition coefficient (Wildman–Crippen LogP) is 0.999. The molecule has 2 atom stereocenters. The summed E-state index contributed by atoms with van der Waals surface area (Å²) in [5, 5.41) is 3.32. The minimum Gasteiger partial charge on any atom is -0.313 e. The van der Waals surface area contributed by atoms with Crippen molar-refractivity contribution in [1.29, 1.82) is 0 Å². The summed E-state index contributed by atoms with van der Waals surface area (Å²) in [6.07, 6.45) is 1.76. The average Bonchev–Trinajstić information content (AvgIpc) is 1.86. The molecule has 0 saturated carbocycles. The van der Waals surface area contributed by atoms with Gasteiger partial charge >= 0.3 is 0 Å². The molecule has 0 fully saturated rings. The molecule has 0 aliphatic rings. The van der Waals surface area contributed by atoms with Gasteiger partial charge in [0.1, 0.15) is 0 Å². The fraction of sp³-hybridized carbons (Fsp3) is 1.00. The lowest BCUT2D eigenvalue weighted by molar-refractivity contribution is 0.440. The van der Waals surface area contributed by atoms with Crippen molar-refractivity contribution in [3.05, 3.63) is 0 Å². The van der Waals surface area contributed by atoms with Crippen molar-refractivity contribution >= 4 is 10.8 Å². The van der Waals surface area contributed by atoms with Gasteiger partial charge in [-0.1, -0.05) is 20.8 Å². The summed E-state index contributed by atoms with van der Waals surface area (Å²) in [5.41, 5.74) is 0. The predicted molar refractivity (Wildman–Crippen MR) is 51.2 cm³/mol. The van der Waals surface area contributed by atoms with Crippen LogP contribution in [0.25, 0.3) is 0 Å². The second-order valence-electron chi connectivity index (χ2n) is 3.15. The van der Waals surface area contributed by atoms with Crippen molar-refractivity contribution in [1.82, 2.24) is 5.32 Å². The third-order valence-electron chi connectivity index (χ3n) is 1.69. The second kappa shape index (κ2) is 5.72. The Morgan fingerprint density at radius 2 is 2.00 bits per heavy atom. The van der Waals surface area contributed by atoms with Crippen molar-refractivity contribution < 1.29 is 4.21 Å². The van der Waals surface area contributed by atoms with Gasteiger partial charge in [0, 0.05) is 28.9 Å². The van der Waals surface area contributed by atoms with E-state index in [4.69, 9.17) is 0 Å². The Kier molecular flexibility index (Phi) is 5.78. The van der Waals surface area contributed by atoms with E-state index in [1.807, 2.05) is 0 Å². The molecule has 2 unspecified atom stereocenters. The monoisotopic (exact) mass is 177 g/mol. The van der Waals surface area contributed by atoms with E-state index in [0.717, 1.165) is 12.3 Å². The van der Waals surface area contributed by atoms with Crippen molar-refractivity contribution in [2.45, 2.75) is 26.8 Å². The number of hydrogen-bond acceptors (Lipinski definition) is 2. The molecule has 0 rings (SSSR count). The lowest BCUT2D eigenvalue weighted by Crippen LogP contribution is -2.38. The standard InChI is InChI=1S/C8H19NOS/c1-5-9-8(7(2)3)6-11(4)10/h7-9H,5-6H2,1-4H3. The molecule has 0 aromatic rings. The fourth-order valence-electron chi connectivity index (χ4n) is 1.00. The molecule has 0 aromatic carbocycles. The molecule has 0 aromatic heterocycles. The summed E-state index contributed by atoms with van der Waals surface area (Å²) in [5.74, 6) is 1.34. The topological polar surface area (TPSA) is 29.1 Å². The van der Waals surface area contributed by atoms with Gasteiger partial charge in [-0.25, -0.2) is 0 Å². The molecule has 0 radical (unpaired) electrons. The average molecular weight is 177 g/mol. The summed E-state index contributed by atoms with van der Waals surface area (Å²) in [6.45, 7) is 7.34. The van der Waals surface area contributed by atoms with Gasteiger partial charge in [-0.15, -0.1) is 0 Å². The molecule has 3 heteroatoms. The zero-order chi connectivity index (χ0) is 8.85. The molecule has 0 amide bonds. The minimum absolute atomic E-state index is 0.408. The molecule has 2 nitrogen and oxygen atoms in total. The molecule has 0 heterocycles. The lowest BCUT2D eigenvalue weighted by atomic mass is 10.1. The summed E-state index contributed by atoms with van der Waals surface area (Å²) >= 11 is 0. The van der Waals surface area contributed by atoms with Gasteiger partial charge in [0.2, 0.25) is 0 Å². The van der Waals surface area contributed by atoms with Crippen LogP contribution < -0.4 is 5.32 Å². The van der Waals surface area contributed by atoms with E-state index in [-0.39, 0.29) is 0 Å². The third-order valence-corrected chi connectivity index (χ3v) is 2.51. The van der Waals surface area contributed by atoms with Crippen molar-refractivity contribution in [3.63, 3.8) is 0 Å². The Bertz CT molecular complexity index is 125. The smallest absolute Gasteiger partial charge is 0.0388 e. The molecular formula is C8H19NOS. The Labute approximate surface area is 72.2 Å². The van der Waals surface area contributed by atoms with Gasteiger partial charge in [0.05, 0.1) is 0 Å². The van der Waals surface area contributed by atoms with Gasteiger partial charge in [0.25, 0.3) is 0 Å². The highest BCUT2D eigenvalue weighted by atomic mass is 32.2. The van der Waals surface area contributed by atoms with Gasteiger partial charge in [0.15, 0.2) is 0 Å². The minimum atomic E-state index is -0.680. The summed E-state index contributed by atoms with van der Waals surface area (Å²) in [4.78, 5) is 0. The Morgan fingerprint density at radius 1 is 1.45 bits per heavy atom. The molecule has 11 heavy (non-hydrogen) atoms. The maximum Gasteiger partial charge on any atom is 0.0388 e. The highest BCUT2D eigenvalue weighted by Gasteiger charge is 2.12. The highest BCUT2D eigenvalue weighted by molar-refractivity contribution is 7.84. The molecule has 0 saturated heterocycles. The number of hydrogen-bond donors (Lipinski definition) is 1. The summed E-state index contributed by atoms with van der Waals surface area (Å²) < 4.78 is 10.9. The van der Waals surface area contributed by atoms with Crippen LogP contribution in [0.3, 0.4) is 0 Å². The SMILES string of the molecule is CCNC(CS(C)=O)C(C)C. The van der Waals surface area contributed by atoms with Gasteiger partial charge in [-0.05, 0) is 12.5 Å². The van der Waals surface area contributed by atoms with Crippen LogP contribution in [0.1, 0.15) is 20.8 Å². The van der Waals surface area contributed by atoms with E-state index in [2.05, 4.69) is 26.1 Å². The van der Waals surface area contributed by atoms with Gasteiger partial charge in [-0.3, -0.25) is 4.21 Å². The first-order valence-corrected chi connectivity index (χ1v) is 5.84. The maximum atomic E-state index is 10.9. The van der Waals surface area contributed by atoms with Crippen LogP contribution in [0, 0.1) is 5.92 Å². The molecule has 0 bridgehead atoms. The first-order valence-electron chi connectivity index (χ1n) is 4.11. The van der Waals surface area contributed by atoms with Crippen LogP contribution in [-0.4, -0.2) is 28.8 Å². The van der Waals surface area contributed by atoms with Gasteiger partial charge < -0.3 is 5.32 Å². The fourth-order valence-corrected chi connectivity index (χ4v) is 2.01. The summed E-state index contributed by atoms with van der Waals surface area (Å²) in [6, 6.07) is 0.408. The molecule has 68 valence electrons. The van der Waals surface area contributed by atoms with Crippen LogP contribution in [0.4, 0.5) is 0 Å². The van der Waals surface area contributed by atoms with Crippen molar-refractivity contribution in [3.8, 4) is 0 Å². The lowest BCUT2D eigenvalue weighted by Gasteiger charge is -2.20. The molecule has 1 N–H and O–H groups in total. The van der Waals surface area contributed by atoms with E-state index in [1.54, 1.807) is 6.26 Å². The molecule has 0 aliphatic heterocycles. The van der Waals surface area contributed by atoms with Crippen LogP contribution in [0.15, 0.2) is 0 Å². The first-order chi connectivity index (χ1) is 5.07. The summed E-state index contributed by atoms with van der Waals surface area (Å²) in [7, 11) is -0.680. The first kappa shape index (κ1) is 11.1. The van der Waals surface area contributed by atoms with E-state index in [0.29, 0.717) is 12.0 Å². The normalized spacial score (nSPS) is 16.8. The largest absolute Gasteiger partial charge is 0.313 e. The zero-order valence-electron chi connectivity index (χ0n) is 7.89. The van der Waals surface area contributed by atoms with E-state index >= 15 is 0 Å². The van der Waals surface area contributed by atoms with Crippen molar-refractivity contribution in [2.24, 2.45) is 5.92 Å². The van der Waals surface area contributed by atoms with Gasteiger partial charge in [-0.2, -0.15) is 0 Å². The van der Waals surface area contributed by atoms with E-state index < -0.39 is 10.8 Å². The number of rotatable bonds is 5. The highest BCUT2D eigenvalue weighted by Crippen LogP contribution is 2.02. The van der Waals surface area contributed by atoms with Crippen LogP contribution in [-0.2, 0) is 10.8 Å². The van der Waals surface area contributed by atoms with Crippen LogP contribution in [0.5, 0.6) is 0 Å². The zero-order valence-corrected chi connectivity index (χ0v) is 8.70.